The number of piperidine rings is 1. The van der Waals surface area contributed by atoms with Crippen molar-refractivity contribution in [1.82, 2.24) is 9.80 Å². The molecule has 5 heteroatoms. The first-order valence-electron chi connectivity index (χ1n) is 4.77. The van der Waals surface area contributed by atoms with E-state index in [1.165, 1.54) is 0 Å². The van der Waals surface area contributed by atoms with Crippen molar-refractivity contribution >= 4 is 18.3 Å². The summed E-state index contributed by atoms with van der Waals surface area (Å²) in [5.41, 5.74) is 5.75. The Morgan fingerprint density at radius 2 is 1.93 bits per heavy atom. The van der Waals surface area contributed by atoms with Gasteiger partial charge in [0.15, 0.2) is 0 Å². The number of nitrogens with two attached hydrogens (primary N) is 1. The van der Waals surface area contributed by atoms with Gasteiger partial charge in [-0.15, -0.1) is 12.4 Å². The third kappa shape index (κ3) is 4.26. The van der Waals surface area contributed by atoms with Gasteiger partial charge in [0.05, 0.1) is 6.54 Å². The minimum absolute atomic E-state index is 0. The number of halogens is 1. The van der Waals surface area contributed by atoms with Crippen LogP contribution in [0.2, 0.25) is 0 Å². The monoisotopic (exact) mass is 221 g/mol. The lowest BCUT2D eigenvalue weighted by Gasteiger charge is -2.30. The predicted molar refractivity (Wildman–Crippen MR) is 59.6 cm³/mol. The zero-order valence-corrected chi connectivity index (χ0v) is 9.72. The van der Waals surface area contributed by atoms with Gasteiger partial charge in [0, 0.05) is 19.1 Å². The Hall–Kier alpha value is -0.320. The largest absolute Gasteiger partial charge is 0.341 e. The number of likely N-dealkylation sites (N-methyl/N-ethyl adjacent to an activating group) is 1. The second-order valence-electron chi connectivity index (χ2n) is 3.96. The maximum Gasteiger partial charge on any atom is 0.236 e. The Morgan fingerprint density at radius 3 is 2.36 bits per heavy atom. The molecule has 1 saturated heterocycles. The molecule has 84 valence electrons. The minimum Gasteiger partial charge on any atom is -0.341 e. The highest BCUT2D eigenvalue weighted by atomic mass is 35.5. The minimum atomic E-state index is 0. The van der Waals surface area contributed by atoms with E-state index in [4.69, 9.17) is 5.73 Å². The molecule has 1 aliphatic heterocycles. The molecular formula is C9H20ClN3O. The molecule has 0 unspecified atom stereocenters. The fraction of sp³-hybridized carbons (Fsp3) is 0.889. The van der Waals surface area contributed by atoms with Crippen LogP contribution in [0.25, 0.3) is 0 Å². The summed E-state index contributed by atoms with van der Waals surface area (Å²) >= 11 is 0. The molecule has 0 bridgehead atoms. The Kier molecular flexibility index (Phi) is 6.08. The van der Waals surface area contributed by atoms with E-state index in [9.17, 15) is 4.79 Å². The van der Waals surface area contributed by atoms with E-state index in [0.29, 0.717) is 12.6 Å². The molecule has 1 aliphatic rings. The molecule has 14 heavy (non-hydrogen) atoms. The quantitative estimate of drug-likeness (QED) is 0.710. The third-order valence-electron chi connectivity index (χ3n) is 2.34. The lowest BCUT2D eigenvalue weighted by atomic mass is 10.1. The van der Waals surface area contributed by atoms with Crippen molar-refractivity contribution in [3.05, 3.63) is 0 Å². The van der Waals surface area contributed by atoms with E-state index in [0.717, 1.165) is 25.9 Å². The third-order valence-corrected chi connectivity index (χ3v) is 2.34. The Morgan fingerprint density at radius 1 is 1.43 bits per heavy atom. The standard InChI is InChI=1S/C9H19N3O.ClH/c1-11(2)7-9(13)12-5-3-8(10)4-6-12;/h8H,3-7,10H2,1-2H3;1H. The highest BCUT2D eigenvalue weighted by Crippen LogP contribution is 2.08. The average Bonchev–Trinajstić information content (AvgIpc) is 2.04. The fourth-order valence-corrected chi connectivity index (χ4v) is 1.52. The number of rotatable bonds is 2. The maximum atomic E-state index is 11.6. The van der Waals surface area contributed by atoms with Crippen LogP contribution in [0.15, 0.2) is 0 Å². The summed E-state index contributed by atoms with van der Waals surface area (Å²) in [6, 6.07) is 0.295. The first-order valence-corrected chi connectivity index (χ1v) is 4.77. The molecule has 1 rings (SSSR count). The summed E-state index contributed by atoms with van der Waals surface area (Å²) in [4.78, 5) is 15.4. The van der Waals surface area contributed by atoms with E-state index in [1.807, 2.05) is 23.9 Å². The van der Waals surface area contributed by atoms with Gasteiger partial charge < -0.3 is 15.5 Å². The molecule has 1 heterocycles. The van der Waals surface area contributed by atoms with E-state index in [1.54, 1.807) is 0 Å². The van der Waals surface area contributed by atoms with Gasteiger partial charge in [0.2, 0.25) is 5.91 Å². The maximum absolute atomic E-state index is 11.6. The van der Waals surface area contributed by atoms with Gasteiger partial charge in [-0.2, -0.15) is 0 Å². The van der Waals surface area contributed by atoms with Crippen molar-refractivity contribution in [3.8, 4) is 0 Å². The first-order chi connectivity index (χ1) is 6.09. The Balaban J connectivity index is 0.00000169. The summed E-state index contributed by atoms with van der Waals surface area (Å²) in [7, 11) is 3.82. The van der Waals surface area contributed by atoms with Crippen LogP contribution < -0.4 is 5.73 Å². The summed E-state index contributed by atoms with van der Waals surface area (Å²) in [5, 5.41) is 0. The van der Waals surface area contributed by atoms with Gasteiger partial charge in [0.25, 0.3) is 0 Å². The fourth-order valence-electron chi connectivity index (χ4n) is 1.52. The summed E-state index contributed by atoms with van der Waals surface area (Å²) in [5.74, 6) is 0.219. The number of amides is 1. The van der Waals surface area contributed by atoms with E-state index < -0.39 is 0 Å². The topological polar surface area (TPSA) is 49.6 Å². The van der Waals surface area contributed by atoms with Gasteiger partial charge >= 0.3 is 0 Å². The SMILES string of the molecule is CN(C)CC(=O)N1CCC(N)CC1.Cl. The number of hydrogen-bond acceptors (Lipinski definition) is 3. The molecule has 0 aromatic heterocycles. The predicted octanol–water partition coefficient (Wildman–Crippen LogP) is -0.0805. The van der Waals surface area contributed by atoms with Crippen molar-refractivity contribution in [3.63, 3.8) is 0 Å². The normalized spacial score (nSPS) is 18.1. The van der Waals surface area contributed by atoms with Crippen LogP contribution in [0.1, 0.15) is 12.8 Å². The van der Waals surface area contributed by atoms with E-state index in [-0.39, 0.29) is 18.3 Å². The molecule has 0 aromatic rings. The highest BCUT2D eigenvalue weighted by Gasteiger charge is 2.20. The second-order valence-corrected chi connectivity index (χ2v) is 3.96. The summed E-state index contributed by atoms with van der Waals surface area (Å²) in [6.07, 6.45) is 1.89. The molecule has 0 saturated carbocycles. The van der Waals surface area contributed by atoms with Crippen LogP contribution in [0, 0.1) is 0 Å². The van der Waals surface area contributed by atoms with Crippen LogP contribution in [0.4, 0.5) is 0 Å². The second kappa shape index (κ2) is 6.22. The first kappa shape index (κ1) is 13.7. The van der Waals surface area contributed by atoms with Gasteiger partial charge in [-0.25, -0.2) is 0 Å². The molecule has 0 atom stereocenters. The highest BCUT2D eigenvalue weighted by molar-refractivity contribution is 5.85. The van der Waals surface area contributed by atoms with Crippen LogP contribution in [0.5, 0.6) is 0 Å². The molecule has 0 radical (unpaired) electrons. The molecule has 0 aliphatic carbocycles. The summed E-state index contributed by atoms with van der Waals surface area (Å²) < 4.78 is 0. The van der Waals surface area contributed by atoms with Crippen LogP contribution in [-0.2, 0) is 4.79 Å². The molecule has 4 nitrogen and oxygen atoms in total. The molecule has 0 aromatic carbocycles. The number of hydrogen-bond donors (Lipinski definition) is 1. The lowest BCUT2D eigenvalue weighted by Crippen LogP contribution is -2.45. The van der Waals surface area contributed by atoms with E-state index in [2.05, 4.69) is 0 Å². The molecule has 2 N–H and O–H groups in total. The van der Waals surface area contributed by atoms with Gasteiger partial charge in [-0.3, -0.25) is 4.79 Å². The zero-order chi connectivity index (χ0) is 9.84. The van der Waals surface area contributed by atoms with Crippen molar-refractivity contribution < 1.29 is 4.79 Å². The number of nitrogens with zero attached hydrogens (tertiary/aromatic N) is 2. The Labute approximate surface area is 91.8 Å². The van der Waals surface area contributed by atoms with Crippen LogP contribution in [-0.4, -0.2) is 55.5 Å². The summed E-state index contributed by atoms with van der Waals surface area (Å²) in [6.45, 7) is 2.16. The Bertz CT molecular complexity index is 179. The molecule has 1 amide bonds. The van der Waals surface area contributed by atoms with Crippen molar-refractivity contribution in [1.29, 1.82) is 0 Å². The number of carbonyl (C=O) groups excluding carboxylic acids is 1. The number of carbonyl (C=O) groups is 1. The van der Waals surface area contributed by atoms with Crippen molar-refractivity contribution in [2.24, 2.45) is 5.73 Å². The van der Waals surface area contributed by atoms with Crippen molar-refractivity contribution in [2.75, 3.05) is 33.7 Å². The van der Waals surface area contributed by atoms with Crippen LogP contribution in [0.3, 0.4) is 0 Å². The van der Waals surface area contributed by atoms with Gasteiger partial charge in [-0.1, -0.05) is 0 Å². The van der Waals surface area contributed by atoms with Gasteiger partial charge in [-0.05, 0) is 26.9 Å². The van der Waals surface area contributed by atoms with E-state index >= 15 is 0 Å². The smallest absolute Gasteiger partial charge is 0.236 e. The molecular weight excluding hydrogens is 202 g/mol. The van der Waals surface area contributed by atoms with Crippen LogP contribution >= 0.6 is 12.4 Å². The average molecular weight is 222 g/mol. The molecule has 1 fully saturated rings. The lowest BCUT2D eigenvalue weighted by molar-refractivity contribution is -0.132. The van der Waals surface area contributed by atoms with Crippen molar-refractivity contribution in [2.45, 2.75) is 18.9 Å². The zero-order valence-electron chi connectivity index (χ0n) is 8.90. The van der Waals surface area contributed by atoms with Gasteiger partial charge in [0.1, 0.15) is 0 Å². The molecule has 0 spiro atoms. The number of likely N-dealkylation sites (tertiary alicyclic amines) is 1.